The van der Waals surface area contributed by atoms with Crippen LogP contribution in [0.15, 0.2) is 84.5 Å². The van der Waals surface area contributed by atoms with E-state index in [0.717, 1.165) is 67.7 Å². The van der Waals surface area contributed by atoms with E-state index < -0.39 is 11.9 Å². The molecule has 1 heterocycles. The Bertz CT molecular complexity index is 1730. The number of aromatic nitrogens is 1. The van der Waals surface area contributed by atoms with Gasteiger partial charge in [0.25, 0.3) is 0 Å². The van der Waals surface area contributed by atoms with Crippen molar-refractivity contribution in [1.29, 1.82) is 0 Å². The van der Waals surface area contributed by atoms with Gasteiger partial charge in [-0.05, 0) is 112 Å². The Morgan fingerprint density at radius 2 is 1.65 bits per heavy atom. The van der Waals surface area contributed by atoms with Gasteiger partial charge in [0.15, 0.2) is 0 Å². The van der Waals surface area contributed by atoms with Crippen molar-refractivity contribution >= 4 is 50.8 Å². The fraction of sp³-hybridized carbons (Fsp3) is 0.342. The van der Waals surface area contributed by atoms with E-state index in [0.29, 0.717) is 46.9 Å². The number of benzene rings is 3. The second-order valence-electron chi connectivity index (χ2n) is 12.0. The summed E-state index contributed by atoms with van der Waals surface area (Å²) in [5.41, 5.74) is 4.65. The van der Waals surface area contributed by atoms with Gasteiger partial charge in [0.05, 0.1) is 41.1 Å². The molecule has 1 N–H and O–H groups in total. The highest BCUT2D eigenvalue weighted by Gasteiger charge is 2.26. The zero-order chi connectivity index (χ0) is 34.4. The minimum Gasteiger partial charge on any atom is -0.494 e. The number of nitrogens with one attached hydrogen (secondary N) is 1. The van der Waals surface area contributed by atoms with E-state index in [2.05, 4.69) is 29.0 Å². The quantitative estimate of drug-likeness (QED) is 0.0310. The fourth-order valence-electron chi connectivity index (χ4n) is 5.38. The molecule has 1 saturated carbocycles. The summed E-state index contributed by atoms with van der Waals surface area (Å²) in [6, 6.07) is 19.4. The highest BCUT2D eigenvalue weighted by atomic mass is 32.1. The van der Waals surface area contributed by atoms with Crippen molar-refractivity contribution < 1.29 is 33.3 Å². The molecule has 3 aromatic carbocycles. The van der Waals surface area contributed by atoms with Gasteiger partial charge < -0.3 is 18.9 Å². The minimum atomic E-state index is -0.541. The van der Waals surface area contributed by atoms with Crippen LogP contribution in [0, 0.1) is 11.8 Å². The molecule has 5 rings (SSSR count). The van der Waals surface area contributed by atoms with Crippen LogP contribution in [0.3, 0.4) is 0 Å². The summed E-state index contributed by atoms with van der Waals surface area (Å²) in [5.74, 6) is 0.510. The Morgan fingerprint density at radius 3 is 2.41 bits per heavy atom. The van der Waals surface area contributed by atoms with E-state index in [1.54, 1.807) is 42.5 Å². The van der Waals surface area contributed by atoms with Crippen LogP contribution in [0.5, 0.6) is 17.2 Å². The van der Waals surface area contributed by atoms with Crippen LogP contribution >= 0.6 is 11.3 Å². The second kappa shape index (κ2) is 17.9. The Balaban J connectivity index is 1.18. The highest BCUT2D eigenvalue weighted by Crippen LogP contribution is 2.31. The van der Waals surface area contributed by atoms with Crippen molar-refractivity contribution in [1.82, 2.24) is 4.98 Å². The molecule has 0 atom stereocenters. The summed E-state index contributed by atoms with van der Waals surface area (Å²) in [4.78, 5) is 41.7. The zero-order valence-electron chi connectivity index (χ0n) is 27.6. The molecule has 0 amide bonds. The van der Waals surface area contributed by atoms with E-state index in [4.69, 9.17) is 18.9 Å². The van der Waals surface area contributed by atoms with Crippen LogP contribution in [-0.2, 0) is 14.3 Å². The smallest absolute Gasteiger partial charge is 0.343 e. The summed E-state index contributed by atoms with van der Waals surface area (Å²) in [6.45, 7) is 6.50. The first-order valence-corrected chi connectivity index (χ1v) is 17.4. The molecule has 0 unspecified atom stereocenters. The number of nitrogens with zero attached hydrogens (tertiary/aromatic N) is 2. The lowest BCUT2D eigenvalue weighted by atomic mass is 9.83. The normalized spacial score (nSPS) is 15.9. The number of hydrogen-bond donors (Lipinski definition) is 1. The van der Waals surface area contributed by atoms with Crippen LogP contribution in [0.4, 0.5) is 5.13 Å². The Hall–Kier alpha value is -5.03. The Labute approximate surface area is 290 Å². The van der Waals surface area contributed by atoms with Crippen molar-refractivity contribution in [2.45, 2.75) is 58.3 Å². The van der Waals surface area contributed by atoms with Gasteiger partial charge in [-0.3, -0.25) is 10.2 Å². The van der Waals surface area contributed by atoms with E-state index in [9.17, 15) is 14.4 Å². The number of hydrogen-bond acceptors (Lipinski definition) is 11. The molecule has 0 spiro atoms. The van der Waals surface area contributed by atoms with Crippen molar-refractivity contribution in [3.63, 3.8) is 0 Å². The maximum atomic E-state index is 13.1. The number of anilines is 1. The molecule has 10 nitrogen and oxygen atoms in total. The molecule has 0 bridgehead atoms. The van der Waals surface area contributed by atoms with Gasteiger partial charge in [-0.1, -0.05) is 37.0 Å². The standard InChI is InChI=1S/C38H41N3O7S/c1-3-35(42)46-23-9-5-4-8-22-45-30-18-16-28(17-19-30)36(43)47-31-20-21-33(48-37(44)27-14-12-26(2)13-15-27)29(24-31)25-39-41-38-40-32-10-6-7-11-34(32)49-38/h3,6-7,10-11,16-21,24-27H,1,4-5,8-9,12-15,22-23H2,2H3,(H,40,41). The van der Waals surface area contributed by atoms with Gasteiger partial charge in [0, 0.05) is 11.6 Å². The van der Waals surface area contributed by atoms with Gasteiger partial charge in [-0.2, -0.15) is 5.10 Å². The summed E-state index contributed by atoms with van der Waals surface area (Å²) < 4.78 is 23.4. The summed E-state index contributed by atoms with van der Waals surface area (Å²) >= 11 is 1.47. The van der Waals surface area contributed by atoms with E-state index >= 15 is 0 Å². The van der Waals surface area contributed by atoms with Crippen LogP contribution < -0.4 is 19.6 Å². The fourth-order valence-corrected chi connectivity index (χ4v) is 6.20. The van der Waals surface area contributed by atoms with Gasteiger partial charge in [0.2, 0.25) is 5.13 Å². The number of unbranched alkanes of at least 4 members (excludes halogenated alkanes) is 3. The summed E-state index contributed by atoms with van der Waals surface area (Å²) in [7, 11) is 0. The summed E-state index contributed by atoms with van der Waals surface area (Å²) in [6.07, 6.45) is 9.81. The van der Waals surface area contributed by atoms with Gasteiger partial charge in [-0.15, -0.1) is 0 Å². The number of para-hydroxylation sites is 1. The zero-order valence-corrected chi connectivity index (χ0v) is 28.4. The molecule has 0 radical (unpaired) electrons. The number of carbonyl (C=O) groups excluding carboxylic acids is 3. The van der Waals surface area contributed by atoms with E-state index in [-0.39, 0.29) is 17.6 Å². The van der Waals surface area contributed by atoms with Gasteiger partial charge in [0.1, 0.15) is 17.2 Å². The molecular weight excluding hydrogens is 642 g/mol. The number of fused-ring (bicyclic) bond motifs is 1. The summed E-state index contributed by atoms with van der Waals surface area (Å²) in [5, 5.41) is 4.97. The molecule has 1 fully saturated rings. The Kier molecular flexibility index (Phi) is 12.9. The molecule has 1 aliphatic carbocycles. The number of ether oxygens (including phenoxy) is 4. The van der Waals surface area contributed by atoms with Crippen LogP contribution in [0.25, 0.3) is 10.2 Å². The van der Waals surface area contributed by atoms with Crippen molar-refractivity contribution in [2.24, 2.45) is 16.9 Å². The number of esters is 3. The first-order valence-electron chi connectivity index (χ1n) is 16.6. The predicted octanol–water partition coefficient (Wildman–Crippen LogP) is 8.36. The molecule has 1 aromatic heterocycles. The van der Waals surface area contributed by atoms with E-state index in [1.807, 2.05) is 24.3 Å². The lowest BCUT2D eigenvalue weighted by Gasteiger charge is -2.24. The van der Waals surface area contributed by atoms with Gasteiger partial charge >= 0.3 is 17.9 Å². The van der Waals surface area contributed by atoms with Crippen LogP contribution in [0.1, 0.15) is 74.2 Å². The SMILES string of the molecule is C=CC(=O)OCCCCCCOc1ccc(C(=O)Oc2ccc(OC(=O)C3CCC(C)CC3)c(C=NNc3nc4ccccc4s3)c2)cc1. The maximum Gasteiger partial charge on any atom is 0.343 e. The van der Waals surface area contributed by atoms with E-state index in [1.165, 1.54) is 17.6 Å². The van der Waals surface area contributed by atoms with Crippen molar-refractivity contribution in [3.05, 3.63) is 90.5 Å². The molecule has 256 valence electrons. The number of thiazole rings is 1. The van der Waals surface area contributed by atoms with Crippen LogP contribution in [-0.4, -0.2) is 42.3 Å². The molecule has 49 heavy (non-hydrogen) atoms. The number of carbonyl (C=O) groups is 3. The topological polar surface area (TPSA) is 125 Å². The second-order valence-corrected chi connectivity index (χ2v) is 13.0. The number of hydrazone groups is 1. The lowest BCUT2D eigenvalue weighted by Crippen LogP contribution is -2.25. The average molecular weight is 684 g/mol. The van der Waals surface area contributed by atoms with Gasteiger partial charge in [-0.25, -0.2) is 14.6 Å². The van der Waals surface area contributed by atoms with Crippen molar-refractivity contribution in [2.75, 3.05) is 18.6 Å². The molecule has 0 saturated heterocycles. The molecule has 11 heteroatoms. The third-order valence-electron chi connectivity index (χ3n) is 8.22. The average Bonchev–Trinajstić information content (AvgIpc) is 3.53. The first-order chi connectivity index (χ1) is 23.9. The maximum absolute atomic E-state index is 13.1. The highest BCUT2D eigenvalue weighted by molar-refractivity contribution is 7.22. The largest absolute Gasteiger partial charge is 0.494 e. The third kappa shape index (κ3) is 10.7. The molecule has 1 aliphatic rings. The lowest BCUT2D eigenvalue weighted by molar-refractivity contribution is -0.140. The van der Waals surface area contributed by atoms with Crippen LogP contribution in [0.2, 0.25) is 0 Å². The minimum absolute atomic E-state index is 0.146. The Morgan fingerprint density at radius 1 is 0.918 bits per heavy atom. The molecular formula is C38H41N3O7S. The van der Waals surface area contributed by atoms with Crippen molar-refractivity contribution in [3.8, 4) is 17.2 Å². The predicted molar refractivity (Wildman–Crippen MR) is 191 cm³/mol. The molecule has 4 aromatic rings. The number of rotatable bonds is 16. The first kappa shape index (κ1) is 35.3. The monoisotopic (exact) mass is 683 g/mol. The molecule has 0 aliphatic heterocycles. The third-order valence-corrected chi connectivity index (χ3v) is 9.16.